The Hall–Kier alpha value is -3.02. The van der Waals surface area contributed by atoms with E-state index in [1.54, 1.807) is 6.07 Å². The van der Waals surface area contributed by atoms with Gasteiger partial charge in [-0.1, -0.05) is 26.8 Å². The molecule has 5 nitrogen and oxygen atoms in total. The van der Waals surface area contributed by atoms with Gasteiger partial charge in [0, 0.05) is 34.2 Å². The van der Waals surface area contributed by atoms with Crippen molar-refractivity contribution in [3.8, 4) is 17.0 Å². The summed E-state index contributed by atoms with van der Waals surface area (Å²) in [5, 5.41) is 0.842. The van der Waals surface area contributed by atoms with E-state index in [9.17, 15) is 4.39 Å². The van der Waals surface area contributed by atoms with Crippen molar-refractivity contribution in [1.29, 1.82) is 0 Å². The number of aromatic nitrogens is 3. The highest BCUT2D eigenvalue weighted by molar-refractivity contribution is 6.01. The molecule has 4 rings (SSSR count). The lowest BCUT2D eigenvalue weighted by Crippen LogP contribution is -2.23. The van der Waals surface area contributed by atoms with E-state index in [2.05, 4.69) is 46.8 Å². The molecule has 0 atom stereocenters. The molecule has 1 aliphatic heterocycles. The van der Waals surface area contributed by atoms with Crippen LogP contribution < -0.4 is 4.74 Å². The van der Waals surface area contributed by atoms with Crippen LogP contribution in [0.15, 0.2) is 41.7 Å². The van der Waals surface area contributed by atoms with Crippen LogP contribution in [0.5, 0.6) is 5.75 Å². The van der Waals surface area contributed by atoms with Crippen molar-refractivity contribution >= 4 is 22.3 Å². The van der Waals surface area contributed by atoms with E-state index in [0.29, 0.717) is 30.2 Å². The maximum absolute atomic E-state index is 14.0. The van der Waals surface area contributed by atoms with E-state index in [1.807, 2.05) is 13.0 Å². The lowest BCUT2D eigenvalue weighted by Gasteiger charge is -2.25. The number of hydrogen-bond donors (Lipinski definition) is 1. The van der Waals surface area contributed by atoms with E-state index in [4.69, 9.17) is 4.74 Å². The van der Waals surface area contributed by atoms with Crippen LogP contribution in [0, 0.1) is 11.2 Å². The fourth-order valence-corrected chi connectivity index (χ4v) is 3.58. The molecule has 0 radical (unpaired) electrons. The van der Waals surface area contributed by atoms with Crippen molar-refractivity contribution < 1.29 is 9.13 Å². The second-order valence-electron chi connectivity index (χ2n) is 8.18. The van der Waals surface area contributed by atoms with Gasteiger partial charge in [0.1, 0.15) is 23.5 Å². The van der Waals surface area contributed by atoms with E-state index in [0.717, 1.165) is 23.1 Å². The lowest BCUT2D eigenvalue weighted by molar-refractivity contribution is 0.341. The Kier molecular flexibility index (Phi) is 4.94. The highest BCUT2D eigenvalue weighted by Gasteiger charge is 2.23. The van der Waals surface area contributed by atoms with Crippen LogP contribution in [0.4, 0.5) is 4.39 Å². The van der Waals surface area contributed by atoms with Crippen LogP contribution in [0.2, 0.25) is 0 Å². The van der Waals surface area contributed by atoms with Crippen molar-refractivity contribution in [1.82, 2.24) is 15.0 Å². The number of aliphatic imine (C=N–C) groups is 1. The summed E-state index contributed by atoms with van der Waals surface area (Å²) in [5.74, 6) is 0.280. The van der Waals surface area contributed by atoms with Crippen LogP contribution >= 0.6 is 0 Å². The first-order valence-electron chi connectivity index (χ1n) is 9.86. The molecule has 0 bridgehead atoms. The lowest BCUT2D eigenvalue weighted by atomic mass is 9.84. The van der Waals surface area contributed by atoms with Crippen LogP contribution in [0.25, 0.3) is 27.9 Å². The number of allylic oxidation sites excluding steroid dienone is 1. The van der Waals surface area contributed by atoms with Crippen LogP contribution in [0.3, 0.4) is 0 Å². The minimum atomic E-state index is -0.327. The number of dihydropyridines is 1. The zero-order valence-electron chi connectivity index (χ0n) is 17.2. The summed E-state index contributed by atoms with van der Waals surface area (Å²) < 4.78 is 19.7. The number of rotatable bonds is 4. The van der Waals surface area contributed by atoms with Crippen molar-refractivity contribution in [3.63, 3.8) is 0 Å². The molecule has 0 saturated heterocycles. The van der Waals surface area contributed by atoms with E-state index >= 15 is 0 Å². The predicted molar refractivity (Wildman–Crippen MR) is 115 cm³/mol. The molecular formula is C23H25FN4O. The fourth-order valence-electron chi connectivity index (χ4n) is 3.58. The van der Waals surface area contributed by atoms with Crippen molar-refractivity contribution in [2.24, 2.45) is 10.4 Å². The SMILES string of the molecule is CCOc1ccc(F)cc1-c1ncnc2[nH]c(C3=CCN=C(C(C)(C)C)C3)cc12. The van der Waals surface area contributed by atoms with Gasteiger partial charge in [-0.15, -0.1) is 0 Å². The highest BCUT2D eigenvalue weighted by atomic mass is 19.1. The molecule has 0 amide bonds. The number of fused-ring (bicyclic) bond motifs is 1. The molecule has 0 spiro atoms. The summed E-state index contributed by atoms with van der Waals surface area (Å²) in [5.41, 5.74) is 5.40. The first-order valence-corrected chi connectivity index (χ1v) is 9.86. The Bertz CT molecular complexity index is 1120. The molecule has 2 aromatic heterocycles. The molecule has 0 unspecified atom stereocenters. The molecule has 1 aliphatic rings. The van der Waals surface area contributed by atoms with Gasteiger partial charge in [-0.3, -0.25) is 4.99 Å². The van der Waals surface area contributed by atoms with E-state index in [1.165, 1.54) is 29.7 Å². The largest absolute Gasteiger partial charge is 0.493 e. The first kappa shape index (κ1) is 19.3. The normalized spacial score (nSPS) is 14.7. The average Bonchev–Trinajstić information content (AvgIpc) is 3.13. The van der Waals surface area contributed by atoms with Gasteiger partial charge in [0.25, 0.3) is 0 Å². The average molecular weight is 392 g/mol. The van der Waals surface area contributed by atoms with Crippen LogP contribution in [-0.2, 0) is 0 Å². The second kappa shape index (κ2) is 7.43. The number of halogens is 1. The number of benzene rings is 1. The van der Waals surface area contributed by atoms with Gasteiger partial charge in [0.05, 0.1) is 18.8 Å². The quantitative estimate of drug-likeness (QED) is 0.643. The van der Waals surface area contributed by atoms with Gasteiger partial charge in [-0.05, 0) is 36.8 Å². The summed E-state index contributed by atoms with van der Waals surface area (Å²) in [4.78, 5) is 16.9. The van der Waals surface area contributed by atoms with Crippen molar-refractivity contribution in [2.45, 2.75) is 34.1 Å². The predicted octanol–water partition coefficient (Wildman–Crippen LogP) is 5.44. The third-order valence-corrected chi connectivity index (χ3v) is 5.11. The number of nitrogens with zero attached hydrogens (tertiary/aromatic N) is 3. The molecule has 3 aromatic rings. The Morgan fingerprint density at radius 3 is 2.76 bits per heavy atom. The molecule has 0 fully saturated rings. The summed E-state index contributed by atoms with van der Waals surface area (Å²) in [6.45, 7) is 9.62. The first-order chi connectivity index (χ1) is 13.9. The Morgan fingerprint density at radius 2 is 2.00 bits per heavy atom. The third kappa shape index (κ3) is 3.79. The number of ether oxygens (including phenoxy) is 1. The van der Waals surface area contributed by atoms with Crippen LogP contribution in [0.1, 0.15) is 39.8 Å². The zero-order chi connectivity index (χ0) is 20.6. The summed E-state index contributed by atoms with van der Waals surface area (Å²) in [7, 11) is 0. The van der Waals surface area contributed by atoms with Crippen molar-refractivity contribution in [3.05, 3.63) is 48.2 Å². The van der Waals surface area contributed by atoms with Gasteiger partial charge < -0.3 is 9.72 Å². The van der Waals surface area contributed by atoms with E-state index < -0.39 is 0 Å². The summed E-state index contributed by atoms with van der Waals surface area (Å²) in [6.07, 6.45) is 4.43. The minimum Gasteiger partial charge on any atom is -0.493 e. The van der Waals surface area contributed by atoms with Gasteiger partial charge in [-0.2, -0.15) is 0 Å². The zero-order valence-corrected chi connectivity index (χ0v) is 17.2. The molecule has 0 aliphatic carbocycles. The molecule has 0 saturated carbocycles. The second-order valence-corrected chi connectivity index (χ2v) is 8.18. The van der Waals surface area contributed by atoms with Crippen LogP contribution in [-0.4, -0.2) is 33.8 Å². The van der Waals surface area contributed by atoms with Gasteiger partial charge in [0.2, 0.25) is 0 Å². The maximum Gasteiger partial charge on any atom is 0.141 e. The number of hydrogen-bond acceptors (Lipinski definition) is 4. The third-order valence-electron chi connectivity index (χ3n) is 5.11. The Labute approximate surface area is 169 Å². The summed E-state index contributed by atoms with van der Waals surface area (Å²) >= 11 is 0. The topological polar surface area (TPSA) is 63.2 Å². The maximum atomic E-state index is 14.0. The number of aromatic amines is 1. The minimum absolute atomic E-state index is 0.0322. The standard InChI is InChI=1S/C23H25FN4O/c1-5-29-19-7-6-15(24)11-16(19)21-17-12-18(28-22(17)27-13-26-21)14-8-9-25-20(10-14)23(2,3)4/h6-8,11-13H,5,9-10H2,1-4H3,(H,26,27,28). The molecule has 29 heavy (non-hydrogen) atoms. The van der Waals surface area contributed by atoms with Crippen molar-refractivity contribution in [2.75, 3.05) is 13.2 Å². The van der Waals surface area contributed by atoms with Gasteiger partial charge >= 0.3 is 0 Å². The van der Waals surface area contributed by atoms with Gasteiger partial charge in [0.15, 0.2) is 0 Å². The molecule has 3 heterocycles. The molecule has 1 aromatic carbocycles. The van der Waals surface area contributed by atoms with Gasteiger partial charge in [-0.25, -0.2) is 14.4 Å². The number of nitrogens with one attached hydrogen (secondary N) is 1. The molecule has 150 valence electrons. The Balaban J connectivity index is 1.78. The monoisotopic (exact) mass is 392 g/mol. The Morgan fingerprint density at radius 1 is 1.17 bits per heavy atom. The molecule has 1 N–H and O–H groups in total. The molecular weight excluding hydrogens is 367 g/mol. The van der Waals surface area contributed by atoms with E-state index in [-0.39, 0.29) is 11.2 Å². The number of H-pyrrole nitrogens is 1. The smallest absolute Gasteiger partial charge is 0.141 e. The highest BCUT2D eigenvalue weighted by Crippen LogP contribution is 2.36. The fraction of sp³-hybridized carbons (Fsp3) is 0.348. The molecule has 6 heteroatoms. The summed E-state index contributed by atoms with van der Waals surface area (Å²) in [6, 6.07) is 6.55.